The van der Waals surface area contributed by atoms with Crippen molar-refractivity contribution in [2.75, 3.05) is 14.1 Å². The third-order valence-electron chi connectivity index (χ3n) is 4.90. The number of hydrogen-bond acceptors (Lipinski definition) is 1. The molecule has 0 aromatic heterocycles. The van der Waals surface area contributed by atoms with Gasteiger partial charge in [0.2, 0.25) is 0 Å². The molecule has 0 radical (unpaired) electrons. The van der Waals surface area contributed by atoms with Crippen molar-refractivity contribution in [1.29, 1.82) is 0 Å². The molecule has 26 heavy (non-hydrogen) atoms. The van der Waals surface area contributed by atoms with Gasteiger partial charge in [0.15, 0.2) is 0 Å². The van der Waals surface area contributed by atoms with E-state index in [9.17, 15) is 0 Å². The van der Waals surface area contributed by atoms with Gasteiger partial charge in [-0.3, -0.25) is 4.90 Å². The van der Waals surface area contributed by atoms with Crippen LogP contribution in [0.4, 0.5) is 0 Å². The molecule has 0 aliphatic rings. The van der Waals surface area contributed by atoms with Crippen LogP contribution in [0.2, 0.25) is 0 Å². The van der Waals surface area contributed by atoms with Crippen LogP contribution in [0, 0.1) is 0 Å². The van der Waals surface area contributed by atoms with Crippen LogP contribution in [-0.4, -0.2) is 24.8 Å². The maximum absolute atomic E-state index is 2.42. The smallest absolute Gasteiger partial charge is 0.135 e. The molecule has 0 heterocycles. The third kappa shape index (κ3) is 3.78. The summed E-state index contributed by atoms with van der Waals surface area (Å²) < 4.78 is 0. The van der Waals surface area contributed by atoms with Crippen molar-refractivity contribution in [3.05, 3.63) is 91.0 Å². The maximum Gasteiger partial charge on any atom is 0.135 e. The van der Waals surface area contributed by atoms with Gasteiger partial charge in [0.05, 0.1) is 0 Å². The summed E-state index contributed by atoms with van der Waals surface area (Å²) in [5, 5.41) is 4.36. The van der Waals surface area contributed by atoms with E-state index in [4.69, 9.17) is 0 Å². The quantitative estimate of drug-likeness (QED) is 0.535. The Morgan fingerprint density at radius 3 is 1.19 bits per heavy atom. The highest BCUT2D eigenvalue weighted by Crippen LogP contribution is 2.61. The van der Waals surface area contributed by atoms with E-state index in [1.54, 1.807) is 0 Å². The van der Waals surface area contributed by atoms with Crippen LogP contribution >= 0.6 is 7.26 Å². The van der Waals surface area contributed by atoms with Gasteiger partial charge in [-0.05, 0) is 56.9 Å². The van der Waals surface area contributed by atoms with E-state index in [-0.39, 0.29) is 17.0 Å². The van der Waals surface area contributed by atoms with Crippen LogP contribution < -0.4 is 32.9 Å². The number of halogens is 1. The van der Waals surface area contributed by atoms with Gasteiger partial charge in [0.25, 0.3) is 0 Å². The van der Waals surface area contributed by atoms with Gasteiger partial charge >= 0.3 is 0 Å². The molecule has 3 rings (SSSR count). The van der Waals surface area contributed by atoms with Crippen LogP contribution in [0.5, 0.6) is 0 Å². The van der Waals surface area contributed by atoms with Crippen molar-refractivity contribution in [2.24, 2.45) is 0 Å². The van der Waals surface area contributed by atoms with Crippen molar-refractivity contribution < 1.29 is 17.0 Å². The lowest BCUT2D eigenvalue weighted by Gasteiger charge is -2.37. The van der Waals surface area contributed by atoms with E-state index in [1.807, 2.05) is 0 Å². The van der Waals surface area contributed by atoms with Gasteiger partial charge in [-0.2, -0.15) is 0 Å². The van der Waals surface area contributed by atoms with E-state index < -0.39 is 7.26 Å². The second-order valence-corrected chi connectivity index (χ2v) is 10.2. The summed E-state index contributed by atoms with van der Waals surface area (Å²) in [6, 6.07) is 33.3. The summed E-state index contributed by atoms with van der Waals surface area (Å²) in [6.07, 6.45) is 1.11. The average molecular weight is 428 g/mol. The molecule has 136 valence electrons. The minimum atomic E-state index is -1.79. The van der Waals surface area contributed by atoms with Crippen LogP contribution in [0.25, 0.3) is 0 Å². The topological polar surface area (TPSA) is 3.24 Å². The molecule has 3 heteroatoms. The first-order chi connectivity index (χ1) is 12.2. The van der Waals surface area contributed by atoms with E-state index >= 15 is 0 Å². The monoisotopic (exact) mass is 427 g/mol. The molecule has 3 aromatic rings. The summed E-state index contributed by atoms with van der Waals surface area (Å²) in [5.74, 6) is 0.458. The molecule has 0 aliphatic heterocycles. The molecule has 0 spiro atoms. The van der Waals surface area contributed by atoms with E-state index in [2.05, 4.69) is 117 Å². The molecule has 1 unspecified atom stereocenters. The average Bonchev–Trinajstić information content (AvgIpc) is 2.68. The van der Waals surface area contributed by atoms with Crippen molar-refractivity contribution in [3.8, 4) is 0 Å². The van der Waals surface area contributed by atoms with Crippen molar-refractivity contribution in [2.45, 2.75) is 19.1 Å². The number of benzene rings is 3. The fraction of sp³-hybridized carbons (Fsp3) is 0.217. The molecule has 1 atom stereocenters. The van der Waals surface area contributed by atoms with Gasteiger partial charge in [0.1, 0.15) is 29.0 Å². The molecule has 0 saturated heterocycles. The zero-order chi connectivity index (χ0) is 17.7. The molecule has 0 fully saturated rings. The van der Waals surface area contributed by atoms with Gasteiger partial charge in [0, 0.05) is 0 Å². The van der Waals surface area contributed by atoms with Crippen LogP contribution in [0.15, 0.2) is 91.0 Å². The Morgan fingerprint density at radius 2 is 0.962 bits per heavy atom. The van der Waals surface area contributed by atoms with Crippen molar-refractivity contribution >= 4 is 23.2 Å². The van der Waals surface area contributed by atoms with Gasteiger partial charge in [-0.25, -0.2) is 0 Å². The number of rotatable bonds is 6. The molecule has 0 amide bonds. The summed E-state index contributed by atoms with van der Waals surface area (Å²) in [5.41, 5.74) is 0. The van der Waals surface area contributed by atoms with E-state index in [0.29, 0.717) is 5.78 Å². The Labute approximate surface area is 169 Å². The lowest BCUT2D eigenvalue weighted by atomic mass is 10.3. The minimum Gasteiger partial charge on any atom is -1.00 e. The zero-order valence-electron chi connectivity index (χ0n) is 15.7. The number of nitrogens with zero attached hydrogens (tertiary/aromatic N) is 1. The SMILES string of the molecule is CCC(N(C)C)[P+](c1ccccc1)(c1ccccc1)c1ccccc1.[Br-]. The lowest BCUT2D eigenvalue weighted by Crippen LogP contribution is -3.00. The first-order valence-corrected chi connectivity index (χ1v) is 10.8. The molecule has 3 aromatic carbocycles. The highest BCUT2D eigenvalue weighted by atomic mass is 79.9. The number of hydrogen-bond donors (Lipinski definition) is 0. The Bertz CT molecular complexity index is 678. The Balaban J connectivity index is 0.00000243. The van der Waals surface area contributed by atoms with Gasteiger partial charge < -0.3 is 17.0 Å². The molecule has 0 aliphatic carbocycles. The summed E-state index contributed by atoms with van der Waals surface area (Å²) in [4.78, 5) is 2.42. The van der Waals surface area contributed by atoms with Crippen LogP contribution in [0.1, 0.15) is 13.3 Å². The van der Waals surface area contributed by atoms with E-state index in [1.165, 1.54) is 15.9 Å². The standard InChI is InChI=1S/C23H27NP.BrH/c1-4-23(24(2)3)25(20-14-8-5-9-15-20,21-16-10-6-11-17-21)22-18-12-7-13-19-22;/h5-19,23H,4H2,1-3H3;1H/q+1;/p-1. The predicted octanol–water partition coefficient (Wildman–Crippen LogP) is 1.28. The summed E-state index contributed by atoms with van der Waals surface area (Å²) in [6.45, 7) is 2.31. The zero-order valence-corrected chi connectivity index (χ0v) is 18.2. The summed E-state index contributed by atoms with van der Waals surface area (Å²) in [7, 11) is 2.65. The lowest BCUT2D eigenvalue weighted by molar-refractivity contribution is -0.00000505. The minimum absolute atomic E-state index is 0. The highest BCUT2D eigenvalue weighted by molar-refractivity contribution is 7.96. The first kappa shape index (κ1) is 20.8. The molecular formula is C23H27BrNP. The van der Waals surface area contributed by atoms with Gasteiger partial charge in [-0.15, -0.1) is 0 Å². The van der Waals surface area contributed by atoms with Crippen molar-refractivity contribution in [1.82, 2.24) is 4.90 Å². The highest BCUT2D eigenvalue weighted by Gasteiger charge is 2.52. The van der Waals surface area contributed by atoms with Crippen LogP contribution in [0.3, 0.4) is 0 Å². The third-order valence-corrected chi connectivity index (χ3v) is 9.96. The second-order valence-electron chi connectivity index (χ2n) is 6.58. The molecule has 0 bridgehead atoms. The molecular weight excluding hydrogens is 401 g/mol. The largest absolute Gasteiger partial charge is 1.00 e. The normalized spacial score (nSPS) is 12.5. The maximum atomic E-state index is 2.42. The fourth-order valence-electron chi connectivity index (χ4n) is 3.94. The molecule has 0 saturated carbocycles. The summed E-state index contributed by atoms with van der Waals surface area (Å²) >= 11 is 0. The predicted molar refractivity (Wildman–Crippen MR) is 113 cm³/mol. The van der Waals surface area contributed by atoms with Gasteiger partial charge in [-0.1, -0.05) is 61.5 Å². The molecule has 1 nitrogen and oxygen atoms in total. The Hall–Kier alpha value is -1.47. The Kier molecular flexibility index (Phi) is 7.58. The fourth-order valence-corrected chi connectivity index (χ4v) is 9.03. The van der Waals surface area contributed by atoms with Crippen LogP contribution in [-0.2, 0) is 0 Å². The Morgan fingerprint density at radius 1 is 0.654 bits per heavy atom. The molecule has 0 N–H and O–H groups in total. The first-order valence-electron chi connectivity index (χ1n) is 8.93. The van der Waals surface area contributed by atoms with E-state index in [0.717, 1.165) is 6.42 Å². The second kappa shape index (κ2) is 9.46. The van der Waals surface area contributed by atoms with Crippen molar-refractivity contribution in [3.63, 3.8) is 0 Å².